The van der Waals surface area contributed by atoms with E-state index in [-0.39, 0.29) is 0 Å². The summed E-state index contributed by atoms with van der Waals surface area (Å²) in [7, 11) is 1.90. The third kappa shape index (κ3) is 3.96. The van der Waals surface area contributed by atoms with Gasteiger partial charge in [0.2, 0.25) is 0 Å². The summed E-state index contributed by atoms with van der Waals surface area (Å²) in [4.78, 5) is 11.3. The maximum absolute atomic E-state index is 4.51. The Morgan fingerprint density at radius 2 is 2.27 bits per heavy atom. The van der Waals surface area contributed by atoms with Gasteiger partial charge in [-0.1, -0.05) is 19.3 Å². The van der Waals surface area contributed by atoms with Crippen LogP contribution in [0.1, 0.15) is 37.1 Å². The Balaban J connectivity index is 1.53. The first-order chi connectivity index (χ1) is 10.8. The third-order valence-electron chi connectivity index (χ3n) is 4.63. The molecule has 122 valence electrons. The number of guanidine groups is 1. The molecular weight excluding hydrogens is 312 g/mol. The third-order valence-corrected chi connectivity index (χ3v) is 7.01. The molecule has 1 aliphatic heterocycles. The zero-order chi connectivity index (χ0) is 15.3. The van der Waals surface area contributed by atoms with Crippen molar-refractivity contribution < 1.29 is 0 Å². The van der Waals surface area contributed by atoms with Crippen LogP contribution >= 0.6 is 23.1 Å². The topological polar surface area (TPSA) is 40.5 Å². The molecule has 2 heterocycles. The first kappa shape index (κ1) is 16.1. The first-order valence-corrected chi connectivity index (χ1v) is 10.2. The zero-order valence-corrected chi connectivity index (χ0v) is 15.0. The quantitative estimate of drug-likeness (QED) is 0.679. The molecule has 6 heteroatoms. The maximum atomic E-state index is 4.51. The van der Waals surface area contributed by atoms with Gasteiger partial charge in [-0.25, -0.2) is 4.98 Å². The fourth-order valence-corrected chi connectivity index (χ4v) is 5.70. The smallest absolute Gasteiger partial charge is 0.193 e. The Bertz CT molecular complexity index is 475. The average molecular weight is 339 g/mol. The Morgan fingerprint density at radius 1 is 1.41 bits per heavy atom. The molecule has 0 atom stereocenters. The van der Waals surface area contributed by atoms with Gasteiger partial charge >= 0.3 is 0 Å². The summed E-state index contributed by atoms with van der Waals surface area (Å²) in [6.45, 7) is 3.19. The minimum Gasteiger partial charge on any atom is -0.356 e. The molecule has 2 fully saturated rings. The van der Waals surface area contributed by atoms with E-state index < -0.39 is 0 Å². The van der Waals surface area contributed by atoms with E-state index in [9.17, 15) is 0 Å². The lowest BCUT2D eigenvalue weighted by molar-refractivity contribution is 0.293. The minimum atomic E-state index is 0.490. The van der Waals surface area contributed by atoms with E-state index in [1.54, 1.807) is 11.3 Å². The van der Waals surface area contributed by atoms with Crippen molar-refractivity contribution in [1.29, 1.82) is 0 Å². The monoisotopic (exact) mass is 338 g/mol. The van der Waals surface area contributed by atoms with Crippen molar-refractivity contribution in [2.45, 2.75) is 43.3 Å². The molecule has 22 heavy (non-hydrogen) atoms. The number of aliphatic imine (C=N–C) groups is 1. The van der Waals surface area contributed by atoms with Crippen LogP contribution < -0.4 is 5.32 Å². The standard InChI is InChI=1S/C16H26N4S2/c1-17-15(19-8-5-14-18-9-11-21-14)20-10-12-22-16(13-20)6-3-2-4-7-16/h9,11H,2-8,10,12-13H2,1H3,(H,17,19). The van der Waals surface area contributed by atoms with Crippen LogP contribution in [0.2, 0.25) is 0 Å². The predicted octanol–water partition coefficient (Wildman–Crippen LogP) is 3.01. The van der Waals surface area contributed by atoms with Gasteiger partial charge in [-0.3, -0.25) is 4.99 Å². The molecule has 0 aromatic carbocycles. The van der Waals surface area contributed by atoms with Crippen molar-refractivity contribution in [1.82, 2.24) is 15.2 Å². The van der Waals surface area contributed by atoms with Crippen LogP contribution in [0.5, 0.6) is 0 Å². The predicted molar refractivity (Wildman–Crippen MR) is 97.0 cm³/mol. The van der Waals surface area contributed by atoms with Crippen molar-refractivity contribution >= 4 is 29.1 Å². The Morgan fingerprint density at radius 3 is 3.00 bits per heavy atom. The lowest BCUT2D eigenvalue weighted by atomic mass is 9.87. The van der Waals surface area contributed by atoms with Gasteiger partial charge in [0.15, 0.2) is 5.96 Å². The van der Waals surface area contributed by atoms with Crippen molar-refractivity contribution in [2.24, 2.45) is 4.99 Å². The summed E-state index contributed by atoms with van der Waals surface area (Å²) in [5.41, 5.74) is 0. The molecule has 0 bridgehead atoms. The van der Waals surface area contributed by atoms with Crippen LogP contribution in [0.3, 0.4) is 0 Å². The van der Waals surface area contributed by atoms with E-state index in [1.807, 2.05) is 18.6 Å². The highest BCUT2D eigenvalue weighted by Gasteiger charge is 2.38. The second kappa shape index (κ2) is 7.68. The van der Waals surface area contributed by atoms with E-state index in [2.05, 4.69) is 32.0 Å². The number of hydrogen-bond acceptors (Lipinski definition) is 4. The normalized spacial score (nSPS) is 22.0. The van der Waals surface area contributed by atoms with Crippen molar-refractivity contribution in [3.63, 3.8) is 0 Å². The molecule has 1 aromatic rings. The highest BCUT2D eigenvalue weighted by atomic mass is 32.2. The number of thiazole rings is 1. The molecule has 3 rings (SSSR count). The first-order valence-electron chi connectivity index (χ1n) is 8.29. The number of nitrogens with one attached hydrogen (secondary N) is 1. The Hall–Kier alpha value is -0.750. The van der Waals surface area contributed by atoms with Crippen LogP contribution in [-0.4, -0.2) is 53.0 Å². The average Bonchev–Trinajstić information content (AvgIpc) is 3.06. The number of hydrogen-bond donors (Lipinski definition) is 1. The van der Waals surface area contributed by atoms with Gasteiger partial charge in [0.05, 0.1) is 5.01 Å². The summed E-state index contributed by atoms with van der Waals surface area (Å²) in [5, 5.41) is 6.77. The lowest BCUT2D eigenvalue weighted by Crippen LogP contribution is -2.53. The molecule has 1 aliphatic carbocycles. The highest BCUT2D eigenvalue weighted by Crippen LogP contribution is 2.42. The molecule has 2 aliphatic rings. The van der Waals surface area contributed by atoms with Gasteiger partial charge in [0.25, 0.3) is 0 Å². The summed E-state index contributed by atoms with van der Waals surface area (Å²) >= 11 is 3.93. The van der Waals surface area contributed by atoms with Crippen LogP contribution in [0.25, 0.3) is 0 Å². The molecule has 0 unspecified atom stereocenters. The van der Waals surface area contributed by atoms with Gasteiger partial charge in [0, 0.05) is 55.2 Å². The van der Waals surface area contributed by atoms with Gasteiger partial charge in [-0.05, 0) is 12.8 Å². The highest BCUT2D eigenvalue weighted by molar-refractivity contribution is 8.00. The van der Waals surface area contributed by atoms with Crippen LogP contribution in [-0.2, 0) is 6.42 Å². The zero-order valence-electron chi connectivity index (χ0n) is 13.4. The Labute approximate surface area is 141 Å². The van der Waals surface area contributed by atoms with E-state index in [0.717, 1.165) is 32.0 Å². The number of rotatable bonds is 3. The second-order valence-corrected chi connectivity index (χ2v) is 8.71. The van der Waals surface area contributed by atoms with Crippen molar-refractivity contribution in [3.8, 4) is 0 Å². The summed E-state index contributed by atoms with van der Waals surface area (Å²) in [5.74, 6) is 2.30. The molecule has 4 nitrogen and oxygen atoms in total. The molecule has 0 amide bonds. The fourth-order valence-electron chi connectivity index (χ4n) is 3.51. The maximum Gasteiger partial charge on any atom is 0.193 e. The van der Waals surface area contributed by atoms with Gasteiger partial charge < -0.3 is 10.2 Å². The number of aromatic nitrogens is 1. The van der Waals surface area contributed by atoms with Crippen molar-refractivity contribution in [2.75, 3.05) is 32.4 Å². The molecule has 1 N–H and O–H groups in total. The van der Waals surface area contributed by atoms with Gasteiger partial charge in [-0.2, -0.15) is 11.8 Å². The van der Waals surface area contributed by atoms with Crippen LogP contribution in [0.4, 0.5) is 0 Å². The van der Waals surface area contributed by atoms with E-state index >= 15 is 0 Å². The summed E-state index contributed by atoms with van der Waals surface area (Å²) in [6.07, 6.45) is 9.83. The number of thioether (sulfide) groups is 1. The van der Waals surface area contributed by atoms with Gasteiger partial charge in [-0.15, -0.1) is 11.3 Å². The second-order valence-electron chi connectivity index (χ2n) is 6.16. The molecular formula is C16H26N4S2. The Kier molecular flexibility index (Phi) is 5.63. The van der Waals surface area contributed by atoms with Crippen LogP contribution in [0, 0.1) is 0 Å². The molecule has 1 spiro atoms. The van der Waals surface area contributed by atoms with Gasteiger partial charge in [0.1, 0.15) is 0 Å². The minimum absolute atomic E-state index is 0.490. The summed E-state index contributed by atoms with van der Waals surface area (Å²) in [6, 6.07) is 0. The fraction of sp³-hybridized carbons (Fsp3) is 0.750. The van der Waals surface area contributed by atoms with Crippen molar-refractivity contribution in [3.05, 3.63) is 16.6 Å². The molecule has 0 radical (unpaired) electrons. The van der Waals surface area contributed by atoms with E-state index in [0.29, 0.717) is 4.75 Å². The lowest BCUT2D eigenvalue weighted by Gasteiger charge is -2.45. The molecule has 1 saturated heterocycles. The molecule has 1 aromatic heterocycles. The van der Waals surface area contributed by atoms with Crippen LogP contribution in [0.15, 0.2) is 16.6 Å². The SMILES string of the molecule is CN=C(NCCc1nccs1)N1CCSC2(CCCCC2)C1. The van der Waals surface area contributed by atoms with E-state index in [1.165, 1.54) is 42.9 Å². The molecule has 1 saturated carbocycles. The largest absolute Gasteiger partial charge is 0.356 e. The van der Waals surface area contributed by atoms with E-state index in [4.69, 9.17) is 0 Å². The number of nitrogens with zero attached hydrogens (tertiary/aromatic N) is 3. The summed E-state index contributed by atoms with van der Waals surface area (Å²) < 4.78 is 0.490.